The van der Waals surface area contributed by atoms with Crippen LogP contribution in [0.2, 0.25) is 0 Å². The van der Waals surface area contributed by atoms with Gasteiger partial charge in [-0.05, 0) is 32.0 Å². The summed E-state index contributed by atoms with van der Waals surface area (Å²) in [6.45, 7) is 4.79. The predicted molar refractivity (Wildman–Crippen MR) is 113 cm³/mol. The zero-order valence-corrected chi connectivity index (χ0v) is 17.8. The molecule has 0 saturated carbocycles. The van der Waals surface area contributed by atoms with Gasteiger partial charge in [0.1, 0.15) is 24.1 Å². The Morgan fingerprint density at radius 3 is 2.60 bits per heavy atom. The molecule has 1 N–H and O–H groups in total. The number of nitrogens with zero attached hydrogens (tertiary/aromatic N) is 4. The minimum atomic E-state index is -0.372. The van der Waals surface area contributed by atoms with Gasteiger partial charge in [-0.1, -0.05) is 0 Å². The Kier molecular flexibility index (Phi) is 6.91. The van der Waals surface area contributed by atoms with Crippen LogP contribution >= 0.6 is 0 Å². The molecule has 1 aliphatic rings. The maximum atomic E-state index is 14.3. The molecule has 1 aromatic heterocycles. The normalized spacial score (nSPS) is 14.5. The van der Waals surface area contributed by atoms with Gasteiger partial charge in [0.25, 0.3) is 0 Å². The molecule has 162 valence electrons. The zero-order valence-electron chi connectivity index (χ0n) is 17.8. The molecule has 9 heteroatoms. The second-order valence-electron chi connectivity index (χ2n) is 7.66. The first-order valence-electron chi connectivity index (χ1n) is 10.00. The molecular formula is C21H28FN5O3. The molecule has 3 rings (SSSR count). The number of hydrogen-bond acceptors (Lipinski definition) is 7. The van der Waals surface area contributed by atoms with Crippen molar-refractivity contribution in [2.45, 2.75) is 38.9 Å². The Labute approximate surface area is 176 Å². The van der Waals surface area contributed by atoms with E-state index in [1.54, 1.807) is 17.0 Å². The largest absolute Gasteiger partial charge is 0.474 e. The van der Waals surface area contributed by atoms with Crippen LogP contribution < -0.4 is 15.0 Å². The topological polar surface area (TPSA) is 79.8 Å². The van der Waals surface area contributed by atoms with Crippen LogP contribution in [0.15, 0.2) is 30.6 Å². The summed E-state index contributed by atoms with van der Waals surface area (Å²) in [7, 11) is 3.71. The van der Waals surface area contributed by atoms with Gasteiger partial charge in [0.2, 0.25) is 5.88 Å². The highest BCUT2D eigenvalue weighted by atomic mass is 19.1. The van der Waals surface area contributed by atoms with E-state index in [0.717, 1.165) is 5.69 Å². The Morgan fingerprint density at radius 2 is 1.97 bits per heavy atom. The van der Waals surface area contributed by atoms with E-state index in [1.165, 1.54) is 12.4 Å². The molecule has 30 heavy (non-hydrogen) atoms. The zero-order chi connectivity index (χ0) is 21.7. The Balaban J connectivity index is 1.57. The van der Waals surface area contributed by atoms with Gasteiger partial charge in [-0.25, -0.2) is 19.2 Å². The summed E-state index contributed by atoms with van der Waals surface area (Å²) in [5.41, 5.74) is 1.09. The Hall–Kier alpha value is -3.10. The number of rotatable bonds is 6. The van der Waals surface area contributed by atoms with E-state index in [0.29, 0.717) is 43.3 Å². The number of aromatic nitrogens is 2. The third kappa shape index (κ3) is 5.71. The maximum Gasteiger partial charge on any atom is 0.410 e. The van der Waals surface area contributed by atoms with Gasteiger partial charge in [-0.3, -0.25) is 0 Å². The summed E-state index contributed by atoms with van der Waals surface area (Å²) < 4.78 is 25.5. The second kappa shape index (κ2) is 9.60. The van der Waals surface area contributed by atoms with E-state index in [4.69, 9.17) is 9.47 Å². The fourth-order valence-electron chi connectivity index (χ4n) is 3.10. The van der Waals surface area contributed by atoms with Gasteiger partial charge >= 0.3 is 6.09 Å². The van der Waals surface area contributed by atoms with Crippen LogP contribution in [-0.4, -0.2) is 60.4 Å². The molecule has 0 bridgehead atoms. The lowest BCUT2D eigenvalue weighted by atomic mass is 10.1. The number of nitrogens with one attached hydrogen (secondary N) is 1. The van der Waals surface area contributed by atoms with Crippen LogP contribution in [-0.2, 0) is 4.74 Å². The molecule has 0 atom stereocenters. The molecule has 8 nitrogen and oxygen atoms in total. The van der Waals surface area contributed by atoms with Crippen molar-refractivity contribution in [1.29, 1.82) is 0 Å². The lowest BCUT2D eigenvalue weighted by molar-refractivity contribution is 0.0507. The first-order chi connectivity index (χ1) is 14.3. The van der Waals surface area contributed by atoms with E-state index in [1.807, 2.05) is 38.9 Å². The first kappa shape index (κ1) is 21.6. The summed E-state index contributed by atoms with van der Waals surface area (Å²) >= 11 is 0. The standard InChI is InChI=1S/C21H28FN5O3/c1-14(2)29-21(28)27-9-7-16(8-10-27)30-20-12-19(23-13-24-20)25-18-6-5-15(26(3)4)11-17(18)22/h5-6,11-14,16H,7-10H2,1-4H3,(H,23,24,25). The number of halogens is 1. The van der Waals surface area contributed by atoms with Gasteiger partial charge < -0.3 is 24.6 Å². The van der Waals surface area contributed by atoms with E-state index in [-0.39, 0.29) is 24.1 Å². The quantitative estimate of drug-likeness (QED) is 0.765. The molecule has 0 spiro atoms. The molecule has 0 unspecified atom stereocenters. The average molecular weight is 417 g/mol. The van der Waals surface area contributed by atoms with Crippen molar-refractivity contribution in [3.63, 3.8) is 0 Å². The summed E-state index contributed by atoms with van der Waals surface area (Å²) in [6, 6.07) is 6.58. The van der Waals surface area contributed by atoms with Crippen molar-refractivity contribution < 1.29 is 18.7 Å². The Morgan fingerprint density at radius 1 is 1.23 bits per heavy atom. The number of benzene rings is 1. The molecular weight excluding hydrogens is 389 g/mol. The summed E-state index contributed by atoms with van der Waals surface area (Å²) in [6.07, 6.45) is 2.24. The minimum Gasteiger partial charge on any atom is -0.474 e. The molecule has 0 radical (unpaired) electrons. The van der Waals surface area contributed by atoms with Crippen molar-refractivity contribution in [3.8, 4) is 5.88 Å². The number of piperidine rings is 1. The SMILES string of the molecule is CC(C)OC(=O)N1CCC(Oc2cc(Nc3ccc(N(C)C)cc3F)ncn2)CC1. The summed E-state index contributed by atoms with van der Waals surface area (Å²) in [4.78, 5) is 23.8. The van der Waals surface area contributed by atoms with E-state index in [2.05, 4.69) is 15.3 Å². The molecule has 2 heterocycles. The summed E-state index contributed by atoms with van der Waals surface area (Å²) in [5, 5.41) is 2.96. The van der Waals surface area contributed by atoms with Gasteiger partial charge in [-0.15, -0.1) is 0 Å². The molecule has 0 aliphatic carbocycles. The Bertz CT molecular complexity index is 869. The molecule has 1 aromatic carbocycles. The second-order valence-corrected chi connectivity index (χ2v) is 7.66. The third-order valence-corrected chi connectivity index (χ3v) is 4.70. The lowest BCUT2D eigenvalue weighted by Gasteiger charge is -2.31. The number of likely N-dealkylation sites (tertiary alicyclic amines) is 1. The fraction of sp³-hybridized carbons (Fsp3) is 0.476. The van der Waals surface area contributed by atoms with Crippen LogP contribution in [0.1, 0.15) is 26.7 Å². The summed E-state index contributed by atoms with van der Waals surface area (Å²) in [5.74, 6) is 0.471. The fourth-order valence-corrected chi connectivity index (χ4v) is 3.10. The van der Waals surface area contributed by atoms with Crippen LogP contribution in [0.3, 0.4) is 0 Å². The predicted octanol–water partition coefficient (Wildman–Crippen LogP) is 3.81. The van der Waals surface area contributed by atoms with Gasteiger partial charge in [0.15, 0.2) is 0 Å². The van der Waals surface area contributed by atoms with Crippen molar-refractivity contribution in [2.24, 2.45) is 0 Å². The number of carbonyl (C=O) groups excluding carboxylic acids is 1. The van der Waals surface area contributed by atoms with Crippen molar-refractivity contribution >= 4 is 23.3 Å². The number of anilines is 3. The maximum absolute atomic E-state index is 14.3. The lowest BCUT2D eigenvalue weighted by Crippen LogP contribution is -2.42. The van der Waals surface area contributed by atoms with Crippen LogP contribution in [0, 0.1) is 5.82 Å². The van der Waals surface area contributed by atoms with Crippen LogP contribution in [0.25, 0.3) is 0 Å². The highest BCUT2D eigenvalue weighted by Crippen LogP contribution is 2.25. The van der Waals surface area contributed by atoms with Gasteiger partial charge in [0, 0.05) is 51.8 Å². The van der Waals surface area contributed by atoms with Crippen molar-refractivity contribution in [3.05, 3.63) is 36.4 Å². The first-order valence-corrected chi connectivity index (χ1v) is 10.00. The number of carbonyl (C=O) groups is 1. The number of ether oxygens (including phenoxy) is 2. The highest BCUT2D eigenvalue weighted by molar-refractivity contribution is 5.67. The molecule has 1 amide bonds. The molecule has 2 aromatic rings. The molecule has 1 saturated heterocycles. The van der Waals surface area contributed by atoms with E-state index >= 15 is 0 Å². The van der Waals surface area contributed by atoms with E-state index < -0.39 is 0 Å². The van der Waals surface area contributed by atoms with Crippen LogP contribution in [0.4, 0.5) is 26.4 Å². The van der Waals surface area contributed by atoms with Gasteiger partial charge in [0.05, 0.1) is 11.8 Å². The third-order valence-electron chi connectivity index (χ3n) is 4.70. The van der Waals surface area contributed by atoms with Crippen molar-refractivity contribution in [2.75, 3.05) is 37.4 Å². The molecule has 1 fully saturated rings. The van der Waals surface area contributed by atoms with Crippen molar-refractivity contribution in [1.82, 2.24) is 14.9 Å². The average Bonchev–Trinajstić information content (AvgIpc) is 2.69. The minimum absolute atomic E-state index is 0.0630. The smallest absolute Gasteiger partial charge is 0.410 e. The highest BCUT2D eigenvalue weighted by Gasteiger charge is 2.25. The monoisotopic (exact) mass is 417 g/mol. The number of hydrogen-bond donors (Lipinski definition) is 1. The van der Waals surface area contributed by atoms with E-state index in [9.17, 15) is 9.18 Å². The number of amides is 1. The molecule has 1 aliphatic heterocycles. The van der Waals surface area contributed by atoms with Gasteiger partial charge in [-0.2, -0.15) is 0 Å². The van der Waals surface area contributed by atoms with Crippen LogP contribution in [0.5, 0.6) is 5.88 Å².